The average molecular weight is 292 g/mol. The van der Waals surface area contributed by atoms with Crippen LogP contribution in [0.4, 0.5) is 13.2 Å². The largest absolute Gasteiger partial charge is 0.440 e. The molecule has 21 heavy (non-hydrogen) atoms. The summed E-state index contributed by atoms with van der Waals surface area (Å²) in [5, 5.41) is 0. The van der Waals surface area contributed by atoms with Gasteiger partial charge >= 0.3 is 12.1 Å². The molecule has 0 aromatic heterocycles. The van der Waals surface area contributed by atoms with Crippen molar-refractivity contribution in [1.82, 2.24) is 0 Å². The molecule has 0 bridgehead atoms. The molecule has 0 amide bonds. The van der Waals surface area contributed by atoms with E-state index in [0.29, 0.717) is 5.56 Å². The minimum Gasteiger partial charge on any atom is -0.440 e. The van der Waals surface area contributed by atoms with E-state index >= 15 is 0 Å². The van der Waals surface area contributed by atoms with Gasteiger partial charge in [-0.15, -0.1) is 0 Å². The number of hydrogen-bond acceptors (Lipinski definition) is 2. The smallest absolute Gasteiger partial charge is 0.433 e. The van der Waals surface area contributed by atoms with E-state index in [4.69, 9.17) is 4.74 Å². The maximum Gasteiger partial charge on any atom is 0.433 e. The molecule has 1 atom stereocenters. The molecule has 1 unspecified atom stereocenters. The summed E-state index contributed by atoms with van der Waals surface area (Å²) in [4.78, 5) is 12.0. The van der Waals surface area contributed by atoms with Crippen LogP contribution < -0.4 is 0 Å². The molecular formula is C16H11F3O2. The second-order valence-electron chi connectivity index (χ2n) is 4.91. The fourth-order valence-corrected chi connectivity index (χ4v) is 2.58. The van der Waals surface area contributed by atoms with Crippen LogP contribution in [0, 0.1) is 0 Å². The third-order valence-electron chi connectivity index (χ3n) is 3.64. The van der Waals surface area contributed by atoms with Crippen molar-refractivity contribution < 1.29 is 22.7 Å². The monoisotopic (exact) mass is 292 g/mol. The molecule has 2 aromatic rings. The van der Waals surface area contributed by atoms with Crippen LogP contribution in [0.5, 0.6) is 0 Å². The third-order valence-corrected chi connectivity index (χ3v) is 3.64. The van der Waals surface area contributed by atoms with Gasteiger partial charge in [0, 0.05) is 12.0 Å². The highest BCUT2D eigenvalue weighted by atomic mass is 19.4. The van der Waals surface area contributed by atoms with Gasteiger partial charge in [0.25, 0.3) is 0 Å². The molecule has 2 nitrogen and oxygen atoms in total. The van der Waals surface area contributed by atoms with Crippen molar-refractivity contribution in [3.63, 3.8) is 0 Å². The number of fused-ring (bicyclic) bond motifs is 1. The van der Waals surface area contributed by atoms with Gasteiger partial charge in [-0.05, 0) is 11.6 Å². The summed E-state index contributed by atoms with van der Waals surface area (Å²) in [7, 11) is 0. The number of rotatable bonds is 1. The Kier molecular flexibility index (Phi) is 3.01. The Balaban J connectivity index is 2.19. The maximum absolute atomic E-state index is 13.7. The summed E-state index contributed by atoms with van der Waals surface area (Å²) in [5.74, 6) is -0.946. The van der Waals surface area contributed by atoms with E-state index in [1.165, 1.54) is 36.4 Å². The number of alkyl halides is 3. The Morgan fingerprint density at radius 1 is 0.952 bits per heavy atom. The van der Waals surface area contributed by atoms with Crippen molar-refractivity contribution >= 4 is 5.97 Å². The van der Waals surface area contributed by atoms with Gasteiger partial charge in [0.1, 0.15) is 0 Å². The second kappa shape index (κ2) is 4.62. The van der Waals surface area contributed by atoms with Gasteiger partial charge in [0.2, 0.25) is 5.60 Å². The number of halogens is 3. The quantitative estimate of drug-likeness (QED) is 0.746. The maximum atomic E-state index is 13.7. The SMILES string of the molecule is O=C1OC(c2ccccc2)(C(F)(F)F)Cc2ccccc21. The first-order chi connectivity index (χ1) is 9.94. The lowest BCUT2D eigenvalue weighted by Gasteiger charge is -2.39. The van der Waals surface area contributed by atoms with Crippen molar-refractivity contribution in [1.29, 1.82) is 0 Å². The molecule has 0 saturated carbocycles. The standard InChI is InChI=1S/C16H11F3O2/c17-16(18,19)15(12-7-2-1-3-8-12)10-11-6-4-5-9-13(11)14(20)21-15/h1-9H,10H2. The molecule has 0 aliphatic carbocycles. The lowest BCUT2D eigenvalue weighted by Crippen LogP contribution is -2.50. The molecule has 1 aliphatic rings. The van der Waals surface area contributed by atoms with Crippen molar-refractivity contribution in [2.75, 3.05) is 0 Å². The Morgan fingerprint density at radius 3 is 2.24 bits per heavy atom. The van der Waals surface area contributed by atoms with Crippen LogP contribution in [-0.4, -0.2) is 12.1 Å². The molecule has 1 heterocycles. The van der Waals surface area contributed by atoms with E-state index < -0.39 is 24.2 Å². The van der Waals surface area contributed by atoms with E-state index in [2.05, 4.69) is 0 Å². The zero-order valence-electron chi connectivity index (χ0n) is 10.9. The lowest BCUT2D eigenvalue weighted by molar-refractivity contribution is -0.267. The first kappa shape index (κ1) is 13.7. The molecule has 108 valence electrons. The van der Waals surface area contributed by atoms with Crippen LogP contribution in [0.15, 0.2) is 54.6 Å². The highest BCUT2D eigenvalue weighted by molar-refractivity contribution is 5.92. The van der Waals surface area contributed by atoms with Gasteiger partial charge in [-0.2, -0.15) is 13.2 Å². The van der Waals surface area contributed by atoms with E-state index in [0.717, 1.165) is 0 Å². The predicted molar refractivity (Wildman–Crippen MR) is 69.7 cm³/mol. The summed E-state index contributed by atoms with van der Waals surface area (Å²) in [6.07, 6.45) is -5.11. The number of ether oxygens (including phenoxy) is 1. The van der Waals surface area contributed by atoms with Gasteiger partial charge in [0.05, 0.1) is 5.56 Å². The van der Waals surface area contributed by atoms with Gasteiger partial charge in [-0.25, -0.2) is 4.79 Å². The normalized spacial score (nSPS) is 21.6. The summed E-state index contributed by atoms with van der Waals surface area (Å²) in [6, 6.07) is 13.5. The van der Waals surface area contributed by atoms with Gasteiger partial charge in [-0.1, -0.05) is 48.5 Å². The zero-order valence-corrected chi connectivity index (χ0v) is 10.9. The molecular weight excluding hydrogens is 281 g/mol. The van der Waals surface area contributed by atoms with Crippen LogP contribution in [0.2, 0.25) is 0 Å². The third kappa shape index (κ3) is 2.09. The molecule has 3 rings (SSSR count). The number of carbonyl (C=O) groups excluding carboxylic acids is 1. The first-order valence-electron chi connectivity index (χ1n) is 6.37. The number of hydrogen-bond donors (Lipinski definition) is 0. The Labute approximate surface area is 119 Å². The molecule has 0 saturated heterocycles. The summed E-state index contributed by atoms with van der Waals surface area (Å²) < 4.78 is 45.9. The lowest BCUT2D eigenvalue weighted by atomic mass is 9.82. The highest BCUT2D eigenvalue weighted by Gasteiger charge is 2.61. The molecule has 0 N–H and O–H groups in total. The number of esters is 1. The van der Waals surface area contributed by atoms with E-state index in [9.17, 15) is 18.0 Å². The molecule has 0 spiro atoms. The van der Waals surface area contributed by atoms with Crippen molar-refractivity contribution in [2.24, 2.45) is 0 Å². The summed E-state index contributed by atoms with van der Waals surface area (Å²) in [5.41, 5.74) is -2.16. The van der Waals surface area contributed by atoms with Crippen LogP contribution in [0.25, 0.3) is 0 Å². The van der Waals surface area contributed by atoms with Crippen LogP contribution in [0.1, 0.15) is 21.5 Å². The molecule has 5 heteroatoms. The predicted octanol–water partition coefficient (Wildman–Crippen LogP) is 3.86. The summed E-state index contributed by atoms with van der Waals surface area (Å²) in [6.45, 7) is 0. The van der Waals surface area contributed by atoms with Crippen molar-refractivity contribution in [2.45, 2.75) is 18.2 Å². The fourth-order valence-electron chi connectivity index (χ4n) is 2.58. The molecule has 1 aliphatic heterocycles. The fraction of sp³-hybridized carbons (Fsp3) is 0.188. The Bertz CT molecular complexity index is 679. The van der Waals surface area contributed by atoms with Gasteiger partial charge in [0.15, 0.2) is 0 Å². The molecule has 0 fully saturated rings. The minimum atomic E-state index is -4.70. The molecule has 0 radical (unpaired) electrons. The second-order valence-corrected chi connectivity index (χ2v) is 4.91. The zero-order chi connectivity index (χ0) is 15.1. The first-order valence-corrected chi connectivity index (χ1v) is 6.37. The van der Waals surface area contributed by atoms with Gasteiger partial charge in [-0.3, -0.25) is 0 Å². The Morgan fingerprint density at radius 2 is 1.57 bits per heavy atom. The van der Waals surface area contributed by atoms with Gasteiger partial charge < -0.3 is 4.74 Å². The average Bonchev–Trinajstić information content (AvgIpc) is 2.47. The molecule has 2 aromatic carbocycles. The van der Waals surface area contributed by atoms with E-state index in [-0.39, 0.29) is 11.1 Å². The number of cyclic esters (lactones) is 1. The van der Waals surface area contributed by atoms with Crippen molar-refractivity contribution in [3.8, 4) is 0 Å². The highest BCUT2D eigenvalue weighted by Crippen LogP contribution is 2.47. The van der Waals surface area contributed by atoms with Crippen LogP contribution in [-0.2, 0) is 16.8 Å². The van der Waals surface area contributed by atoms with Crippen molar-refractivity contribution in [3.05, 3.63) is 71.3 Å². The minimum absolute atomic E-state index is 0.0691. The number of carbonyl (C=O) groups is 1. The topological polar surface area (TPSA) is 26.3 Å². The van der Waals surface area contributed by atoms with E-state index in [1.54, 1.807) is 18.2 Å². The van der Waals surface area contributed by atoms with E-state index in [1.807, 2.05) is 0 Å². The number of benzene rings is 2. The van der Waals surface area contributed by atoms with Crippen LogP contribution >= 0.6 is 0 Å². The Hall–Kier alpha value is -2.30. The summed E-state index contributed by atoms with van der Waals surface area (Å²) >= 11 is 0. The van der Waals surface area contributed by atoms with Crippen LogP contribution in [0.3, 0.4) is 0 Å².